The predicted octanol–water partition coefficient (Wildman–Crippen LogP) is 0.0777. The van der Waals surface area contributed by atoms with Crippen LogP contribution in [0.4, 0.5) is 0 Å². The fraction of sp³-hybridized carbons (Fsp3) is 0.333. The second-order valence-corrected chi connectivity index (χ2v) is 4.29. The number of carbonyl (C=O) groups is 1. The first-order chi connectivity index (χ1) is 9.20. The van der Waals surface area contributed by atoms with Gasteiger partial charge in [0.1, 0.15) is 0 Å². The fourth-order valence-corrected chi connectivity index (χ4v) is 1.53. The minimum Gasteiger partial charge on any atom is -0.352 e. The number of hydrogen-bond acceptors (Lipinski definition) is 5. The molecule has 0 aliphatic rings. The van der Waals surface area contributed by atoms with Gasteiger partial charge in [0.25, 0.3) is 0 Å². The second kappa shape index (κ2) is 6.05. The number of hydrogen-bond donors (Lipinski definition) is 3. The lowest BCUT2D eigenvalue weighted by Gasteiger charge is -2.09. The highest BCUT2D eigenvalue weighted by atomic mass is 16.1. The van der Waals surface area contributed by atoms with E-state index in [1.165, 1.54) is 0 Å². The Hall–Kier alpha value is -2.28. The molecule has 1 unspecified atom stereocenters. The summed E-state index contributed by atoms with van der Waals surface area (Å²) < 4.78 is 0. The monoisotopic (exact) mass is 260 g/mol. The van der Waals surface area contributed by atoms with Gasteiger partial charge >= 0.3 is 0 Å². The largest absolute Gasteiger partial charge is 0.352 e. The molecule has 7 nitrogen and oxygen atoms in total. The van der Waals surface area contributed by atoms with E-state index in [2.05, 4.69) is 25.9 Å². The fourth-order valence-electron chi connectivity index (χ4n) is 1.53. The van der Waals surface area contributed by atoms with E-state index in [-0.39, 0.29) is 11.8 Å². The molecule has 0 aliphatic carbocycles. The molecular formula is C12H16N6O. The standard InChI is InChI=1S/C12H16N6O/c1-8(6-13)12(19)14-7-9-2-4-10(5-3-9)11-15-17-18-16-11/h2-5,8H,6-7,13H2,1H3,(H,14,19)(H,15,16,17,18). The number of benzene rings is 1. The Morgan fingerprint density at radius 3 is 2.74 bits per heavy atom. The van der Waals surface area contributed by atoms with Crippen molar-refractivity contribution in [3.8, 4) is 11.4 Å². The van der Waals surface area contributed by atoms with Gasteiger partial charge in [-0.2, -0.15) is 5.21 Å². The zero-order valence-electron chi connectivity index (χ0n) is 10.6. The minimum atomic E-state index is -0.168. The molecule has 1 amide bonds. The van der Waals surface area contributed by atoms with Crippen LogP contribution >= 0.6 is 0 Å². The van der Waals surface area contributed by atoms with Gasteiger partial charge in [-0.1, -0.05) is 31.2 Å². The van der Waals surface area contributed by atoms with Gasteiger partial charge in [-0.05, 0) is 10.8 Å². The predicted molar refractivity (Wildman–Crippen MR) is 69.7 cm³/mol. The number of amides is 1. The zero-order chi connectivity index (χ0) is 13.7. The average Bonchev–Trinajstić information content (AvgIpc) is 2.98. The Morgan fingerprint density at radius 1 is 1.42 bits per heavy atom. The summed E-state index contributed by atoms with van der Waals surface area (Å²) in [6.07, 6.45) is 0. The number of carbonyl (C=O) groups excluding carboxylic acids is 1. The molecule has 1 aromatic heterocycles. The van der Waals surface area contributed by atoms with Crippen molar-refractivity contribution in [1.29, 1.82) is 0 Å². The van der Waals surface area contributed by atoms with Crippen LogP contribution in [0.5, 0.6) is 0 Å². The third kappa shape index (κ3) is 3.35. The molecule has 19 heavy (non-hydrogen) atoms. The number of nitrogens with zero attached hydrogens (tertiary/aromatic N) is 3. The van der Waals surface area contributed by atoms with Crippen LogP contribution in [0.1, 0.15) is 12.5 Å². The quantitative estimate of drug-likeness (QED) is 0.705. The van der Waals surface area contributed by atoms with Crippen molar-refractivity contribution in [3.05, 3.63) is 29.8 Å². The van der Waals surface area contributed by atoms with Gasteiger partial charge in [-0.3, -0.25) is 4.79 Å². The summed E-state index contributed by atoms with van der Waals surface area (Å²) in [6, 6.07) is 7.61. The molecule has 0 bridgehead atoms. The van der Waals surface area contributed by atoms with E-state index in [9.17, 15) is 4.79 Å². The van der Waals surface area contributed by atoms with Gasteiger partial charge in [-0.15, -0.1) is 10.2 Å². The van der Waals surface area contributed by atoms with Crippen molar-refractivity contribution in [2.24, 2.45) is 11.7 Å². The van der Waals surface area contributed by atoms with Gasteiger partial charge in [0, 0.05) is 24.6 Å². The highest BCUT2D eigenvalue weighted by Gasteiger charge is 2.10. The van der Waals surface area contributed by atoms with E-state index in [0.29, 0.717) is 18.9 Å². The molecule has 1 heterocycles. The summed E-state index contributed by atoms with van der Waals surface area (Å²) in [6.45, 7) is 2.63. The second-order valence-electron chi connectivity index (χ2n) is 4.29. The van der Waals surface area contributed by atoms with Gasteiger partial charge in [-0.25, -0.2) is 0 Å². The van der Waals surface area contributed by atoms with Crippen LogP contribution in [0, 0.1) is 5.92 Å². The third-order valence-corrected chi connectivity index (χ3v) is 2.83. The number of rotatable bonds is 5. The summed E-state index contributed by atoms with van der Waals surface area (Å²) in [4.78, 5) is 11.6. The van der Waals surface area contributed by atoms with E-state index in [1.54, 1.807) is 6.92 Å². The number of H-pyrrole nitrogens is 1. The van der Waals surface area contributed by atoms with Gasteiger partial charge < -0.3 is 11.1 Å². The maximum atomic E-state index is 11.6. The first-order valence-electron chi connectivity index (χ1n) is 6.01. The molecule has 0 aliphatic heterocycles. The van der Waals surface area contributed by atoms with E-state index >= 15 is 0 Å². The van der Waals surface area contributed by atoms with Crippen LogP contribution in [0.25, 0.3) is 11.4 Å². The highest BCUT2D eigenvalue weighted by Crippen LogP contribution is 2.13. The summed E-state index contributed by atoms with van der Waals surface area (Å²) >= 11 is 0. The van der Waals surface area contributed by atoms with Gasteiger partial charge in [0.15, 0.2) is 0 Å². The summed E-state index contributed by atoms with van der Waals surface area (Å²) in [5, 5.41) is 16.5. The Labute approximate surface area is 110 Å². The molecule has 0 saturated heterocycles. The molecule has 0 fully saturated rings. The van der Waals surface area contributed by atoms with E-state index in [0.717, 1.165) is 11.1 Å². The van der Waals surface area contributed by atoms with Gasteiger partial charge in [0.2, 0.25) is 11.7 Å². The van der Waals surface area contributed by atoms with Crippen molar-refractivity contribution in [2.75, 3.05) is 6.54 Å². The first kappa shape index (κ1) is 13.2. The normalized spacial score (nSPS) is 12.1. The molecule has 0 radical (unpaired) electrons. The molecular weight excluding hydrogens is 244 g/mol. The van der Waals surface area contributed by atoms with Gasteiger partial charge in [0.05, 0.1) is 0 Å². The number of nitrogens with two attached hydrogens (primary N) is 1. The highest BCUT2D eigenvalue weighted by molar-refractivity contribution is 5.78. The van der Waals surface area contributed by atoms with Crippen molar-refractivity contribution in [2.45, 2.75) is 13.5 Å². The summed E-state index contributed by atoms with van der Waals surface area (Å²) in [5.74, 6) is 0.343. The van der Waals surface area contributed by atoms with Crippen molar-refractivity contribution < 1.29 is 4.79 Å². The Morgan fingerprint density at radius 2 is 2.16 bits per heavy atom. The number of nitrogens with one attached hydrogen (secondary N) is 2. The Kier molecular flexibility index (Phi) is 4.19. The molecule has 2 rings (SSSR count). The van der Waals surface area contributed by atoms with Crippen LogP contribution in [0.3, 0.4) is 0 Å². The minimum absolute atomic E-state index is 0.0373. The van der Waals surface area contributed by atoms with E-state index in [4.69, 9.17) is 5.73 Å². The number of aromatic nitrogens is 4. The number of tetrazole rings is 1. The van der Waals surface area contributed by atoms with Crippen LogP contribution < -0.4 is 11.1 Å². The van der Waals surface area contributed by atoms with Crippen LogP contribution in [-0.4, -0.2) is 33.1 Å². The Balaban J connectivity index is 1.94. The molecule has 100 valence electrons. The maximum Gasteiger partial charge on any atom is 0.224 e. The smallest absolute Gasteiger partial charge is 0.224 e. The van der Waals surface area contributed by atoms with Crippen molar-refractivity contribution >= 4 is 5.91 Å². The summed E-state index contributed by atoms with van der Waals surface area (Å²) in [7, 11) is 0. The van der Waals surface area contributed by atoms with Crippen LogP contribution in [-0.2, 0) is 11.3 Å². The number of aromatic amines is 1. The molecule has 1 aromatic carbocycles. The van der Waals surface area contributed by atoms with Crippen LogP contribution in [0.2, 0.25) is 0 Å². The first-order valence-corrected chi connectivity index (χ1v) is 6.01. The van der Waals surface area contributed by atoms with Crippen molar-refractivity contribution in [1.82, 2.24) is 25.9 Å². The topological polar surface area (TPSA) is 110 Å². The van der Waals surface area contributed by atoms with Crippen molar-refractivity contribution in [3.63, 3.8) is 0 Å². The third-order valence-electron chi connectivity index (χ3n) is 2.83. The van der Waals surface area contributed by atoms with E-state index in [1.807, 2.05) is 24.3 Å². The molecule has 7 heteroatoms. The molecule has 2 aromatic rings. The molecule has 0 saturated carbocycles. The summed E-state index contributed by atoms with van der Waals surface area (Å²) in [5.41, 5.74) is 7.31. The van der Waals surface area contributed by atoms with Crippen LogP contribution in [0.15, 0.2) is 24.3 Å². The average molecular weight is 260 g/mol. The molecule has 0 spiro atoms. The molecule has 1 atom stereocenters. The molecule has 4 N–H and O–H groups in total. The lowest BCUT2D eigenvalue weighted by molar-refractivity contribution is -0.124. The SMILES string of the molecule is CC(CN)C(=O)NCc1ccc(-c2nn[nH]n2)cc1. The lowest BCUT2D eigenvalue weighted by Crippen LogP contribution is -2.32. The zero-order valence-corrected chi connectivity index (χ0v) is 10.6. The maximum absolute atomic E-state index is 11.6. The lowest BCUT2D eigenvalue weighted by atomic mass is 10.1. The van der Waals surface area contributed by atoms with E-state index < -0.39 is 0 Å². The Bertz CT molecular complexity index is 522.